The number of carboxylic acid groups (broad SMARTS) is 2. The summed E-state index contributed by atoms with van der Waals surface area (Å²) in [6.07, 6.45) is -79.8. The van der Waals surface area contributed by atoms with Gasteiger partial charge in [0.2, 0.25) is 53.2 Å². The molecule has 60 nitrogen and oxygen atoms in total. The van der Waals surface area contributed by atoms with Crippen molar-refractivity contribution in [3.63, 3.8) is 0 Å². The van der Waals surface area contributed by atoms with Gasteiger partial charge in [-0.15, -0.1) is 0 Å². The molecule has 0 radical (unpaired) electrons. The minimum atomic E-state index is -3.30. The van der Waals surface area contributed by atoms with E-state index in [1.54, 1.807) is 0 Å². The zero-order chi connectivity index (χ0) is 107. The normalized spacial score (nSPS) is 38.8. The maximum atomic E-state index is 14.5. The molecule has 9 amide bonds. The molecule has 60 heteroatoms. The van der Waals surface area contributed by atoms with Crippen LogP contribution in [0, 0.1) is 0 Å². The number of rotatable bonds is 45. The zero-order valence-corrected chi connectivity index (χ0v) is 79.3. The van der Waals surface area contributed by atoms with Gasteiger partial charge in [0.05, 0.1) is 89.0 Å². The molecule has 0 aromatic rings. The Kier molecular flexibility index (Phi) is 44.5. The number of ether oxygens (including phenoxy) is 15. The number of hydrogen-bond acceptors (Lipinski definition) is 49. The number of carbonyl (C=O) groups is 12. The molecule has 8 heterocycles. The van der Waals surface area contributed by atoms with Crippen molar-refractivity contribution in [3.8, 4) is 0 Å². The van der Waals surface area contributed by atoms with Crippen LogP contribution < -0.4 is 47.9 Å². The van der Waals surface area contributed by atoms with E-state index in [0.29, 0.717) is 0 Å². The van der Waals surface area contributed by atoms with E-state index in [-0.39, 0.29) is 38.6 Å². The highest BCUT2D eigenvalue weighted by Crippen LogP contribution is 2.43. The predicted octanol–water partition coefficient (Wildman–Crippen LogP) is -18.0. The van der Waals surface area contributed by atoms with Crippen molar-refractivity contribution in [2.45, 2.75) is 401 Å². The maximum absolute atomic E-state index is 14.5. The lowest BCUT2D eigenvalue weighted by Crippen LogP contribution is -2.72. The van der Waals surface area contributed by atoms with Crippen molar-refractivity contribution in [3.05, 3.63) is 0 Å². The Balaban J connectivity index is 0.945. The third-order valence-corrected chi connectivity index (χ3v) is 24.7. The lowest BCUT2D eigenvalue weighted by atomic mass is 9.88. The summed E-state index contributed by atoms with van der Waals surface area (Å²) in [5.74, 6) is -20.8. The molecular formula is C83H137N9O51. The van der Waals surface area contributed by atoms with E-state index in [1.165, 1.54) is 34.6 Å². The van der Waals surface area contributed by atoms with Gasteiger partial charge >= 0.3 is 17.9 Å². The molecule has 8 aliphatic heterocycles. The van der Waals surface area contributed by atoms with Crippen molar-refractivity contribution < 1.29 is 251 Å². The van der Waals surface area contributed by atoms with Gasteiger partial charge in [-0.3, -0.25) is 43.2 Å². The second-order valence-electron chi connectivity index (χ2n) is 37.0. The Morgan fingerprint density at radius 1 is 0.385 bits per heavy atom. The first-order valence-electron chi connectivity index (χ1n) is 46.0. The Hall–Kier alpha value is -7.80. The smallest absolute Gasteiger partial charge is 0.364 e. The maximum Gasteiger partial charge on any atom is 0.364 e. The fourth-order valence-corrected chi connectivity index (χ4v) is 17.5. The molecule has 0 aromatic carbocycles. The SMILES string of the molecule is CC(=O)N[C@@H]1[C@@H](O[C@@H]2O[C@@H](C)[C@@H](O)[C@@H](O)[C@@H]2O)[C@H](O[C@@H]2O[C@H](CO)[C@H](O)[C@H](O[C@]3(C(=O)O)C[C@H](O)[C@@H](NC(C)=O)[C@H]([C@H](O)[C@H](O)CO)O3)[C@H]2O)[C@@H](CO)O[C@H]1NC(=O)C[C@H](NC(C)=O)C(=O)NCCCCCCC(=O)N[C@@H](CC(=O)N[C@@H]1O[C@H](CO)[C@@H](O[C@@H]2O[C@H](CO)[C@H](O)[C@H](O[C@]3(C(=O)O)C[C@H](O)[C@@H](NC(C)=O)[C@H]([C@H](O)[C@H](O)CO)O3)[C@H]2O)[C@H](O[C@@H]2O[C@@H](C)[C@@H](O)[C@@H](O)[C@@H]2O)[C@H]1NC(C)=O)C(=O)OC(C)(C)C. The predicted molar refractivity (Wildman–Crippen MR) is 458 cm³/mol. The summed E-state index contributed by atoms with van der Waals surface area (Å²) in [6.45, 7) is 4.18. The molecule has 0 unspecified atom stereocenters. The van der Waals surface area contributed by atoms with Gasteiger partial charge in [-0.1, -0.05) is 12.8 Å². The zero-order valence-electron chi connectivity index (χ0n) is 79.3. The third kappa shape index (κ3) is 30.5. The number of aliphatic carboxylic acids is 2. The highest BCUT2D eigenvalue weighted by Gasteiger charge is 2.65. The van der Waals surface area contributed by atoms with Gasteiger partial charge in [0, 0.05) is 60.4 Å². The molecule has 0 spiro atoms. The molecule has 820 valence electrons. The number of nitrogens with one attached hydrogen (secondary N) is 9. The van der Waals surface area contributed by atoms with Crippen LogP contribution in [0.3, 0.4) is 0 Å². The first kappa shape index (κ1) is 120. The largest absolute Gasteiger partial charge is 0.477 e. The van der Waals surface area contributed by atoms with E-state index in [9.17, 15) is 180 Å². The van der Waals surface area contributed by atoms with E-state index < -0.39 is 411 Å². The lowest BCUT2D eigenvalue weighted by molar-refractivity contribution is -0.386. The molecule has 44 atom stereocenters. The van der Waals surface area contributed by atoms with Crippen LogP contribution in [0.25, 0.3) is 0 Å². The number of carbonyl (C=O) groups excluding carboxylic acids is 10. The Morgan fingerprint density at radius 2 is 0.741 bits per heavy atom. The first-order chi connectivity index (χ1) is 66.9. The molecule has 0 aromatic heterocycles. The summed E-state index contributed by atoms with van der Waals surface area (Å²) in [4.78, 5) is 161. The summed E-state index contributed by atoms with van der Waals surface area (Å²) >= 11 is 0. The number of aliphatic hydroxyl groups excluding tert-OH is 22. The first-order valence-corrected chi connectivity index (χ1v) is 46.0. The van der Waals surface area contributed by atoms with Gasteiger partial charge in [0.15, 0.2) is 37.6 Å². The molecule has 8 aliphatic rings. The van der Waals surface area contributed by atoms with Gasteiger partial charge < -0.3 is 241 Å². The van der Waals surface area contributed by atoms with Crippen molar-refractivity contribution in [2.24, 2.45) is 0 Å². The number of esters is 1. The van der Waals surface area contributed by atoms with Crippen LogP contribution in [0.2, 0.25) is 0 Å². The van der Waals surface area contributed by atoms with Crippen molar-refractivity contribution in [1.29, 1.82) is 0 Å². The number of carboxylic acids is 2. The van der Waals surface area contributed by atoms with Crippen molar-refractivity contribution >= 4 is 71.1 Å². The summed E-state index contributed by atoms with van der Waals surface area (Å²) in [5.41, 5.74) is -1.29. The van der Waals surface area contributed by atoms with E-state index in [1.807, 2.05) is 0 Å². The lowest BCUT2D eigenvalue weighted by Gasteiger charge is -2.52. The molecular weight excluding hydrogens is 1940 g/mol. The molecule has 0 aliphatic carbocycles. The quantitative estimate of drug-likeness (QED) is 0.0199. The fraction of sp³-hybridized carbons (Fsp3) is 0.855. The molecule has 143 heavy (non-hydrogen) atoms. The average Bonchev–Trinajstić information content (AvgIpc) is 0.750. The molecule has 33 N–H and O–H groups in total. The van der Waals surface area contributed by atoms with E-state index >= 15 is 0 Å². The van der Waals surface area contributed by atoms with Gasteiger partial charge in [-0.2, -0.15) is 0 Å². The summed E-state index contributed by atoms with van der Waals surface area (Å²) in [6, 6.07) is -10.9. The summed E-state index contributed by atoms with van der Waals surface area (Å²) < 4.78 is 88.8. The van der Waals surface area contributed by atoms with Crippen LogP contribution in [-0.4, -0.2) is 514 Å². The number of hydrogen-bond donors (Lipinski definition) is 33. The molecule has 8 fully saturated rings. The number of amides is 9. The molecule has 8 rings (SSSR count). The van der Waals surface area contributed by atoms with Crippen LogP contribution >= 0.6 is 0 Å². The van der Waals surface area contributed by atoms with E-state index in [2.05, 4.69) is 47.9 Å². The number of unbranched alkanes of at least 4 members (excludes halogenated alkanes) is 3. The minimum absolute atomic E-state index is 0.0507. The molecule has 0 saturated carbocycles. The monoisotopic (exact) mass is 2080 g/mol. The topological polar surface area (TPSA) is 937 Å². The third-order valence-electron chi connectivity index (χ3n) is 24.7. The minimum Gasteiger partial charge on any atom is -0.477 e. The summed E-state index contributed by atoms with van der Waals surface area (Å²) in [5, 5.41) is 285. The highest BCUT2D eigenvalue weighted by atomic mass is 16.8. The van der Waals surface area contributed by atoms with Crippen molar-refractivity contribution in [1.82, 2.24) is 47.9 Å². The van der Waals surface area contributed by atoms with Crippen LogP contribution in [-0.2, 0) is 129 Å². The molecule has 0 bridgehead atoms. The average molecular weight is 2080 g/mol. The Labute approximate surface area is 814 Å². The Bertz CT molecular complexity index is 4220. The van der Waals surface area contributed by atoms with Crippen molar-refractivity contribution in [2.75, 3.05) is 46.2 Å². The molecule has 8 saturated heterocycles. The van der Waals surface area contributed by atoms with Crippen LogP contribution in [0.5, 0.6) is 0 Å². The highest BCUT2D eigenvalue weighted by molar-refractivity contribution is 5.92. The van der Waals surface area contributed by atoms with Crippen LogP contribution in [0.15, 0.2) is 0 Å². The second kappa shape index (κ2) is 52.9. The van der Waals surface area contributed by atoms with Gasteiger partial charge in [0.25, 0.3) is 11.6 Å². The summed E-state index contributed by atoms with van der Waals surface area (Å²) in [7, 11) is 0. The Morgan fingerprint density at radius 3 is 1.09 bits per heavy atom. The van der Waals surface area contributed by atoms with E-state index in [4.69, 9.17) is 71.1 Å². The second-order valence-corrected chi connectivity index (χ2v) is 37.0. The van der Waals surface area contributed by atoms with Gasteiger partial charge in [0.1, 0.15) is 188 Å². The fourth-order valence-electron chi connectivity index (χ4n) is 17.5. The number of aliphatic hydroxyl groups is 22. The van der Waals surface area contributed by atoms with Crippen LogP contribution in [0.4, 0.5) is 0 Å². The van der Waals surface area contributed by atoms with E-state index in [0.717, 1.165) is 34.6 Å². The van der Waals surface area contributed by atoms with Gasteiger partial charge in [-0.25, -0.2) is 14.4 Å². The van der Waals surface area contributed by atoms with Gasteiger partial charge in [-0.05, 0) is 47.5 Å². The standard InChI is InChI=1S/C83H137N9O51/c1-27-51(111)57(117)59(119)75(129-27)137-67-49(88-32(6)102)72(131-42(25-97)63(67)135-77-61(121)69(55(115)40(23-95)133-77)141-82(79(125)126)19-36(104)47(86-30(4)100)65(139-82)53(113)38(106)21-93)91-45(109)17-34(85-29(3)99)71(123)84-16-14-12-11-13-15-44(108)90-35(74(124)143-81(8,9)10)18-46(110)92-73-50(89-33(7)103)68(138-76-60(120)58(118)52(112)28(2)130-76)64(43(26-98)132-73)136-78-62(122)70(56(116)41(24-96)134-78)142-83(80(127)128)20-37(105)48(87-31(5)101)66(140-83)54(114)39(107)22-94/h27-28,34-43,47-70,72-73,75-78,93-98,104-107,111-122H,11-26H2,1-10H3,(H,84,123)(H,85,99)(H,86,100)(H,87,101)(H,88,102)(H,89,103)(H,90,108)(H,91,109)(H,92,110)(H,125,126)(H,127,128)/t27-,28-,34-,35-,36-,37-,38+,39+,40+,41+,42+,43+,47+,48+,49+,50+,51+,52+,53+,54+,55-,56-,57+,58+,59-,60-,61+,62+,63+,64+,65+,66+,67+,68+,69-,70-,72+,73+,75-,76-,77-,78-,82-,83-/m0/s1. The van der Waals surface area contributed by atoms with Crippen LogP contribution in [0.1, 0.15) is 127 Å².